The summed E-state index contributed by atoms with van der Waals surface area (Å²) >= 11 is 3.31. The van der Waals surface area contributed by atoms with Crippen molar-refractivity contribution in [2.24, 2.45) is 0 Å². The lowest BCUT2D eigenvalue weighted by Crippen LogP contribution is -2.18. The molecule has 0 spiro atoms. The largest absolute Gasteiger partial charge is 0.462 e. The van der Waals surface area contributed by atoms with E-state index in [-0.39, 0.29) is 12.1 Å². The molecule has 0 aromatic rings. The highest BCUT2D eigenvalue weighted by Gasteiger charge is 2.13. The van der Waals surface area contributed by atoms with Crippen LogP contribution in [-0.4, -0.2) is 17.4 Å². The van der Waals surface area contributed by atoms with Crippen LogP contribution in [0.25, 0.3) is 0 Å². The minimum Gasteiger partial charge on any atom is -0.462 e. The van der Waals surface area contributed by atoms with Crippen molar-refractivity contribution in [3.8, 4) is 0 Å². The fourth-order valence-corrected chi connectivity index (χ4v) is 1.98. The predicted molar refractivity (Wildman–Crippen MR) is 65.1 cm³/mol. The Bertz CT molecular complexity index is 214. The van der Waals surface area contributed by atoms with E-state index in [9.17, 15) is 4.79 Å². The number of esters is 1. The molecule has 3 heteroatoms. The van der Waals surface area contributed by atoms with Crippen LogP contribution in [0.2, 0.25) is 0 Å². The van der Waals surface area contributed by atoms with Gasteiger partial charge in [-0.1, -0.05) is 28.1 Å². The first-order valence-electron chi connectivity index (χ1n) is 5.73. The number of alkyl halides is 1. The van der Waals surface area contributed by atoms with Gasteiger partial charge in [0.05, 0.1) is 0 Å². The van der Waals surface area contributed by atoms with Crippen LogP contribution in [-0.2, 0) is 9.53 Å². The number of halogens is 1. The Morgan fingerprint density at radius 3 is 2.93 bits per heavy atom. The van der Waals surface area contributed by atoms with Crippen molar-refractivity contribution in [1.82, 2.24) is 0 Å². The summed E-state index contributed by atoms with van der Waals surface area (Å²) in [7, 11) is 0. The molecule has 15 heavy (non-hydrogen) atoms. The molecule has 0 bridgehead atoms. The quantitative estimate of drug-likeness (QED) is 0.445. The molecular weight excluding hydrogens is 256 g/mol. The second-order valence-corrected chi connectivity index (χ2v) is 4.68. The summed E-state index contributed by atoms with van der Waals surface area (Å²) < 4.78 is 5.44. The van der Waals surface area contributed by atoms with Gasteiger partial charge < -0.3 is 4.74 Å². The van der Waals surface area contributed by atoms with E-state index in [0.29, 0.717) is 6.42 Å². The molecule has 86 valence electrons. The SMILES string of the molecule is O=C(CCCBr)OC1CC/C=C\CCC1. The number of carbonyl (C=O) groups is 1. The maximum absolute atomic E-state index is 11.4. The van der Waals surface area contributed by atoms with E-state index < -0.39 is 0 Å². The average Bonchev–Trinajstić information content (AvgIpc) is 2.19. The fraction of sp³-hybridized carbons (Fsp3) is 0.750. The zero-order chi connectivity index (χ0) is 10.9. The molecule has 0 aliphatic heterocycles. The van der Waals surface area contributed by atoms with Crippen LogP contribution in [0.15, 0.2) is 12.2 Å². The summed E-state index contributed by atoms with van der Waals surface area (Å²) in [6, 6.07) is 0. The first-order valence-corrected chi connectivity index (χ1v) is 6.85. The summed E-state index contributed by atoms with van der Waals surface area (Å²) in [4.78, 5) is 11.4. The lowest BCUT2D eigenvalue weighted by Gasteiger charge is -2.18. The van der Waals surface area contributed by atoms with Crippen LogP contribution in [0.5, 0.6) is 0 Å². The second-order valence-electron chi connectivity index (χ2n) is 3.88. The van der Waals surface area contributed by atoms with Gasteiger partial charge in [-0.25, -0.2) is 0 Å². The lowest BCUT2D eigenvalue weighted by molar-refractivity contribution is -0.149. The minimum absolute atomic E-state index is 0.0380. The first kappa shape index (κ1) is 12.8. The van der Waals surface area contributed by atoms with Crippen molar-refractivity contribution in [2.75, 3.05) is 5.33 Å². The van der Waals surface area contributed by atoms with Gasteiger partial charge in [0.2, 0.25) is 0 Å². The maximum Gasteiger partial charge on any atom is 0.306 e. The molecule has 0 saturated heterocycles. The number of hydrogen-bond acceptors (Lipinski definition) is 2. The van der Waals surface area contributed by atoms with Crippen LogP contribution >= 0.6 is 15.9 Å². The second kappa shape index (κ2) is 7.91. The molecule has 0 N–H and O–H groups in total. The first-order chi connectivity index (χ1) is 7.33. The smallest absolute Gasteiger partial charge is 0.306 e. The lowest BCUT2D eigenvalue weighted by atomic mass is 10.0. The van der Waals surface area contributed by atoms with E-state index in [2.05, 4.69) is 28.1 Å². The molecule has 1 atom stereocenters. The summed E-state index contributed by atoms with van der Waals surface area (Å²) in [5.41, 5.74) is 0. The van der Waals surface area contributed by atoms with Crippen LogP contribution in [0, 0.1) is 0 Å². The highest BCUT2D eigenvalue weighted by atomic mass is 79.9. The molecule has 0 amide bonds. The predicted octanol–water partition coefficient (Wildman–Crippen LogP) is 3.59. The molecular formula is C12H19BrO2. The molecule has 1 unspecified atom stereocenters. The van der Waals surface area contributed by atoms with Gasteiger partial charge in [0.1, 0.15) is 6.10 Å². The van der Waals surface area contributed by atoms with Gasteiger partial charge >= 0.3 is 5.97 Å². The third-order valence-corrected chi connectivity index (χ3v) is 3.09. The van der Waals surface area contributed by atoms with Crippen molar-refractivity contribution in [3.63, 3.8) is 0 Å². The van der Waals surface area contributed by atoms with Gasteiger partial charge in [0.15, 0.2) is 0 Å². The molecule has 1 aliphatic rings. The van der Waals surface area contributed by atoms with E-state index >= 15 is 0 Å². The fourth-order valence-electron chi connectivity index (χ4n) is 1.70. The van der Waals surface area contributed by atoms with Crippen LogP contribution in [0.3, 0.4) is 0 Å². The normalized spacial score (nSPS) is 23.9. The van der Waals surface area contributed by atoms with Crippen molar-refractivity contribution in [1.29, 1.82) is 0 Å². The Balaban J connectivity index is 2.23. The van der Waals surface area contributed by atoms with Gasteiger partial charge in [0, 0.05) is 11.8 Å². The van der Waals surface area contributed by atoms with Crippen molar-refractivity contribution in [3.05, 3.63) is 12.2 Å². The number of carbonyl (C=O) groups excluding carboxylic acids is 1. The van der Waals surface area contributed by atoms with Crippen molar-refractivity contribution >= 4 is 21.9 Å². The van der Waals surface area contributed by atoms with Crippen molar-refractivity contribution in [2.45, 2.75) is 51.0 Å². The molecule has 1 rings (SSSR count). The van der Waals surface area contributed by atoms with Gasteiger partial charge in [-0.05, 0) is 38.5 Å². The molecule has 1 aliphatic carbocycles. The van der Waals surface area contributed by atoms with E-state index in [4.69, 9.17) is 4.74 Å². The van der Waals surface area contributed by atoms with Gasteiger partial charge in [-0.3, -0.25) is 4.79 Å². The minimum atomic E-state index is -0.0380. The standard InChI is InChI=1S/C12H19BrO2/c13-10-6-9-12(14)15-11-7-4-2-1-3-5-8-11/h1-2,11H,3-10H2/b2-1-. The molecule has 0 heterocycles. The maximum atomic E-state index is 11.4. The third kappa shape index (κ3) is 5.98. The van der Waals surface area contributed by atoms with E-state index in [1.807, 2.05) is 0 Å². The van der Waals surface area contributed by atoms with E-state index in [1.165, 1.54) is 0 Å². The highest BCUT2D eigenvalue weighted by molar-refractivity contribution is 9.09. The molecule has 0 saturated carbocycles. The number of ether oxygens (including phenoxy) is 1. The average molecular weight is 275 g/mol. The van der Waals surface area contributed by atoms with Gasteiger partial charge in [0.25, 0.3) is 0 Å². The number of rotatable bonds is 4. The monoisotopic (exact) mass is 274 g/mol. The zero-order valence-electron chi connectivity index (χ0n) is 9.08. The molecule has 2 nitrogen and oxygen atoms in total. The molecule has 0 radical (unpaired) electrons. The Labute approximate surface area is 100 Å². The summed E-state index contributed by atoms with van der Waals surface area (Å²) in [6.45, 7) is 0. The van der Waals surface area contributed by atoms with E-state index in [0.717, 1.165) is 43.9 Å². The highest BCUT2D eigenvalue weighted by Crippen LogP contribution is 2.16. The van der Waals surface area contributed by atoms with E-state index in [1.54, 1.807) is 0 Å². The van der Waals surface area contributed by atoms with Crippen LogP contribution < -0.4 is 0 Å². The van der Waals surface area contributed by atoms with Gasteiger partial charge in [-0.15, -0.1) is 0 Å². The molecule has 0 aromatic carbocycles. The van der Waals surface area contributed by atoms with Crippen LogP contribution in [0.1, 0.15) is 44.9 Å². The van der Waals surface area contributed by atoms with Crippen LogP contribution in [0.4, 0.5) is 0 Å². The summed E-state index contributed by atoms with van der Waals surface area (Å²) in [5.74, 6) is -0.0380. The number of allylic oxidation sites excluding steroid dienone is 2. The van der Waals surface area contributed by atoms with Gasteiger partial charge in [-0.2, -0.15) is 0 Å². The molecule has 0 aromatic heterocycles. The van der Waals surface area contributed by atoms with Crippen molar-refractivity contribution < 1.29 is 9.53 Å². The Morgan fingerprint density at radius 1 is 1.33 bits per heavy atom. The topological polar surface area (TPSA) is 26.3 Å². The molecule has 0 fully saturated rings. The summed E-state index contributed by atoms with van der Waals surface area (Å²) in [5, 5.41) is 0.871. The third-order valence-electron chi connectivity index (χ3n) is 2.53. The number of hydrogen-bond donors (Lipinski definition) is 0. The Morgan fingerprint density at radius 2 is 2.13 bits per heavy atom. The Hall–Kier alpha value is -0.310. The summed E-state index contributed by atoms with van der Waals surface area (Å²) in [6.07, 6.45) is 11.3. The zero-order valence-corrected chi connectivity index (χ0v) is 10.7. The Kier molecular flexibility index (Phi) is 6.73.